The van der Waals surface area contributed by atoms with Gasteiger partial charge in [0.2, 0.25) is 5.91 Å². The summed E-state index contributed by atoms with van der Waals surface area (Å²) in [5, 5.41) is 12.1. The molecule has 0 unspecified atom stereocenters. The lowest BCUT2D eigenvalue weighted by Gasteiger charge is -2.33. The van der Waals surface area contributed by atoms with Gasteiger partial charge in [0.15, 0.2) is 0 Å². The molecule has 0 aromatic rings. The van der Waals surface area contributed by atoms with Gasteiger partial charge < -0.3 is 10.4 Å². The van der Waals surface area contributed by atoms with Gasteiger partial charge in [0.05, 0.1) is 5.41 Å². The molecule has 0 aromatic carbocycles. The van der Waals surface area contributed by atoms with Crippen molar-refractivity contribution in [1.29, 1.82) is 0 Å². The first-order chi connectivity index (χ1) is 8.12. The van der Waals surface area contributed by atoms with Gasteiger partial charge in [-0.3, -0.25) is 9.59 Å². The van der Waals surface area contributed by atoms with Crippen LogP contribution in [-0.2, 0) is 9.59 Å². The summed E-state index contributed by atoms with van der Waals surface area (Å²) in [4.78, 5) is 23.0. The van der Waals surface area contributed by atoms with E-state index < -0.39 is 11.4 Å². The van der Waals surface area contributed by atoms with E-state index in [0.29, 0.717) is 12.3 Å². The largest absolute Gasteiger partial charge is 0.481 e. The number of carboxylic acids is 1. The van der Waals surface area contributed by atoms with Crippen LogP contribution < -0.4 is 5.32 Å². The Balaban J connectivity index is 1.35. The van der Waals surface area contributed by atoms with Crippen LogP contribution in [0.15, 0.2) is 0 Å². The molecule has 92 valence electrons. The fraction of sp³-hybridized carbons (Fsp3) is 0.846. The molecule has 2 N–H and O–H groups in total. The molecule has 0 spiro atoms. The number of hydrogen-bond acceptors (Lipinski definition) is 2. The molecule has 0 aromatic heterocycles. The second-order valence-corrected chi connectivity index (χ2v) is 6.43. The third kappa shape index (κ3) is 1.19. The van der Waals surface area contributed by atoms with Crippen LogP contribution in [0.1, 0.15) is 32.1 Å². The van der Waals surface area contributed by atoms with Gasteiger partial charge in [0.1, 0.15) is 0 Å². The lowest BCUT2D eigenvalue weighted by atomic mass is 9.79. The minimum Gasteiger partial charge on any atom is -0.481 e. The Labute approximate surface area is 99.8 Å². The van der Waals surface area contributed by atoms with Gasteiger partial charge in [0.25, 0.3) is 0 Å². The molecule has 4 fully saturated rings. The Morgan fingerprint density at radius 1 is 1.24 bits per heavy atom. The van der Waals surface area contributed by atoms with Crippen LogP contribution in [0.4, 0.5) is 0 Å². The zero-order chi connectivity index (χ0) is 11.8. The molecule has 4 rings (SSSR count). The smallest absolute Gasteiger partial charge is 0.310 e. The van der Waals surface area contributed by atoms with Crippen molar-refractivity contribution in [3.05, 3.63) is 0 Å². The maximum Gasteiger partial charge on any atom is 0.310 e. The monoisotopic (exact) mass is 235 g/mol. The Morgan fingerprint density at radius 2 is 2.06 bits per heavy atom. The van der Waals surface area contributed by atoms with Crippen LogP contribution in [0.5, 0.6) is 0 Å². The van der Waals surface area contributed by atoms with E-state index in [1.807, 2.05) is 0 Å². The fourth-order valence-electron chi connectivity index (χ4n) is 4.27. The molecule has 0 radical (unpaired) electrons. The van der Waals surface area contributed by atoms with Crippen LogP contribution in [-0.4, -0.2) is 23.0 Å². The number of amides is 1. The van der Waals surface area contributed by atoms with Gasteiger partial charge in [-0.15, -0.1) is 0 Å². The van der Waals surface area contributed by atoms with Crippen LogP contribution in [0.2, 0.25) is 0 Å². The van der Waals surface area contributed by atoms with Crippen molar-refractivity contribution in [3.8, 4) is 0 Å². The molecule has 4 aliphatic rings. The van der Waals surface area contributed by atoms with Crippen molar-refractivity contribution in [2.24, 2.45) is 29.1 Å². The second kappa shape index (κ2) is 2.85. The first kappa shape index (κ1) is 9.92. The molecule has 0 bridgehead atoms. The van der Waals surface area contributed by atoms with Crippen LogP contribution in [0.3, 0.4) is 0 Å². The number of carbonyl (C=O) groups excluding carboxylic acids is 1. The van der Waals surface area contributed by atoms with E-state index in [4.69, 9.17) is 5.11 Å². The number of fused-ring (bicyclic) bond motifs is 2. The number of carbonyl (C=O) groups is 2. The molecule has 6 atom stereocenters. The molecule has 0 saturated heterocycles. The first-order valence-electron chi connectivity index (χ1n) is 6.65. The first-order valence-corrected chi connectivity index (χ1v) is 6.65. The van der Waals surface area contributed by atoms with Crippen molar-refractivity contribution in [2.75, 3.05) is 0 Å². The van der Waals surface area contributed by atoms with E-state index >= 15 is 0 Å². The molecule has 4 aliphatic carbocycles. The van der Waals surface area contributed by atoms with Gasteiger partial charge in [0, 0.05) is 12.0 Å². The van der Waals surface area contributed by atoms with Crippen molar-refractivity contribution >= 4 is 11.9 Å². The summed E-state index contributed by atoms with van der Waals surface area (Å²) >= 11 is 0. The van der Waals surface area contributed by atoms with E-state index in [-0.39, 0.29) is 23.8 Å². The molecule has 0 heterocycles. The van der Waals surface area contributed by atoms with E-state index in [2.05, 4.69) is 5.32 Å². The minimum absolute atomic E-state index is 0.149. The van der Waals surface area contributed by atoms with E-state index in [1.165, 1.54) is 12.8 Å². The van der Waals surface area contributed by atoms with Gasteiger partial charge in [-0.05, 0) is 49.9 Å². The quantitative estimate of drug-likeness (QED) is 0.767. The SMILES string of the molecule is O=C(N[C@@H]1C[C@@]2(C(=O)O)C[C@@H]12)[C@@H]1CC[C@@H]2C[C@@H]21. The van der Waals surface area contributed by atoms with Crippen molar-refractivity contribution in [3.63, 3.8) is 0 Å². The molecular formula is C13H17NO3. The fourth-order valence-corrected chi connectivity index (χ4v) is 4.27. The van der Waals surface area contributed by atoms with Gasteiger partial charge in [-0.25, -0.2) is 0 Å². The summed E-state index contributed by atoms with van der Waals surface area (Å²) in [5.41, 5.74) is -0.449. The average molecular weight is 235 g/mol. The Bertz CT molecular complexity index is 421. The average Bonchev–Trinajstić information content (AvgIpc) is 3.12. The zero-order valence-electron chi connectivity index (χ0n) is 9.69. The molecule has 0 aliphatic heterocycles. The summed E-state index contributed by atoms with van der Waals surface area (Å²) in [6, 6.07) is 0.149. The van der Waals surface area contributed by atoms with Crippen molar-refractivity contribution < 1.29 is 14.7 Å². The molecule has 4 nitrogen and oxygen atoms in total. The third-order valence-corrected chi connectivity index (χ3v) is 5.64. The number of nitrogens with one attached hydrogen (secondary N) is 1. The van der Waals surface area contributed by atoms with Gasteiger partial charge >= 0.3 is 5.97 Å². The van der Waals surface area contributed by atoms with Crippen molar-refractivity contribution in [1.82, 2.24) is 5.32 Å². The highest BCUT2D eigenvalue weighted by atomic mass is 16.4. The molecule has 17 heavy (non-hydrogen) atoms. The predicted octanol–water partition coefficient (Wildman–Crippen LogP) is 1.01. The summed E-state index contributed by atoms with van der Waals surface area (Å²) in [5.74, 6) is 1.46. The normalized spacial score (nSPS) is 53.1. The van der Waals surface area contributed by atoms with E-state index in [9.17, 15) is 9.59 Å². The number of rotatable bonds is 3. The molecule has 4 heteroatoms. The molecule has 4 saturated carbocycles. The third-order valence-electron chi connectivity index (χ3n) is 5.64. The minimum atomic E-state index is -0.670. The second-order valence-electron chi connectivity index (χ2n) is 6.43. The Kier molecular flexibility index (Phi) is 1.66. The molecular weight excluding hydrogens is 218 g/mol. The predicted molar refractivity (Wildman–Crippen MR) is 59.0 cm³/mol. The Hall–Kier alpha value is -1.06. The standard InChI is InChI=1S/C13H17NO3/c15-11(7-2-1-6-3-8(6)7)14-10-5-13(12(16)17)4-9(10)13/h6-10H,1-5H2,(H,14,15)(H,16,17)/t6-,7-,8+,9+,10-,13+/m1/s1. The maximum absolute atomic E-state index is 12.1. The maximum atomic E-state index is 12.1. The van der Waals surface area contributed by atoms with Crippen molar-refractivity contribution in [2.45, 2.75) is 38.1 Å². The summed E-state index contributed by atoms with van der Waals surface area (Å²) < 4.78 is 0. The van der Waals surface area contributed by atoms with E-state index in [1.54, 1.807) is 0 Å². The summed E-state index contributed by atoms with van der Waals surface area (Å²) in [6.07, 6.45) is 4.92. The highest BCUT2D eigenvalue weighted by molar-refractivity contribution is 5.84. The topological polar surface area (TPSA) is 66.4 Å². The van der Waals surface area contributed by atoms with Gasteiger partial charge in [-0.1, -0.05) is 0 Å². The lowest BCUT2D eigenvalue weighted by Crippen LogP contribution is -2.50. The number of aliphatic carboxylic acids is 1. The van der Waals surface area contributed by atoms with E-state index in [0.717, 1.165) is 18.8 Å². The van der Waals surface area contributed by atoms with Crippen LogP contribution in [0.25, 0.3) is 0 Å². The Morgan fingerprint density at radius 3 is 2.53 bits per heavy atom. The van der Waals surface area contributed by atoms with Crippen LogP contribution in [0, 0.1) is 29.1 Å². The molecule has 1 amide bonds. The zero-order valence-corrected chi connectivity index (χ0v) is 9.69. The number of hydrogen-bond donors (Lipinski definition) is 2. The lowest BCUT2D eigenvalue weighted by molar-refractivity contribution is -0.148. The van der Waals surface area contributed by atoms with Crippen LogP contribution >= 0.6 is 0 Å². The number of carboxylic acid groups (broad SMARTS) is 1. The highest BCUT2D eigenvalue weighted by Crippen LogP contribution is 2.67. The van der Waals surface area contributed by atoms with Gasteiger partial charge in [-0.2, -0.15) is 0 Å². The summed E-state index contributed by atoms with van der Waals surface area (Å²) in [7, 11) is 0. The summed E-state index contributed by atoms with van der Waals surface area (Å²) in [6.45, 7) is 0. The highest BCUT2D eigenvalue weighted by Gasteiger charge is 2.72.